The molecule has 2 heterocycles. The van der Waals surface area contributed by atoms with Crippen LogP contribution in [-0.2, 0) is 24.0 Å². The predicted octanol–water partition coefficient (Wildman–Crippen LogP) is -2.51. The van der Waals surface area contributed by atoms with Gasteiger partial charge in [0.05, 0.1) is 6.61 Å². The molecule has 2 aliphatic heterocycles. The molecule has 0 aliphatic carbocycles. The van der Waals surface area contributed by atoms with Crippen LogP contribution in [0.25, 0.3) is 0 Å². The number of likely N-dealkylation sites (tertiary alicyclic amines) is 2. The van der Waals surface area contributed by atoms with E-state index in [2.05, 4.69) is 10.6 Å². The molecule has 0 bridgehead atoms. The fourth-order valence-electron chi connectivity index (χ4n) is 4.52. The lowest BCUT2D eigenvalue weighted by atomic mass is 10.1. The first-order valence-corrected chi connectivity index (χ1v) is 12.1. The fourth-order valence-corrected chi connectivity index (χ4v) is 4.52. The zero-order chi connectivity index (χ0) is 26.1. The second-order valence-electron chi connectivity index (χ2n) is 9.08. The number of hydrogen-bond acceptors (Lipinski definition) is 8. The largest absolute Gasteiger partial charge is 0.480 e. The van der Waals surface area contributed by atoms with Gasteiger partial charge in [0.25, 0.3) is 0 Å². The standard InChI is InChI=1S/C22H38N6O7/c1-13(25-18(30)14(24)12-29)20(32)27-10-4-7-16(27)19(31)26-15(6-2-3-9-23)21(33)28-11-5-8-17(28)22(34)35/h13-17,29H,2-12,23-24H2,1H3,(H,25,30)(H,26,31)(H,34,35)/t13-,14-,15-,16-,17-/m0/s1. The third kappa shape index (κ3) is 7.36. The summed E-state index contributed by atoms with van der Waals surface area (Å²) in [4.78, 5) is 65.5. The highest BCUT2D eigenvalue weighted by atomic mass is 16.4. The van der Waals surface area contributed by atoms with Crippen LogP contribution in [0.2, 0.25) is 0 Å². The molecule has 198 valence electrons. The molecule has 0 aromatic heterocycles. The van der Waals surface area contributed by atoms with E-state index < -0.39 is 66.4 Å². The number of unbranched alkanes of at least 4 members (excludes halogenated alkanes) is 1. The van der Waals surface area contributed by atoms with Crippen LogP contribution in [0.5, 0.6) is 0 Å². The van der Waals surface area contributed by atoms with Crippen molar-refractivity contribution in [1.82, 2.24) is 20.4 Å². The van der Waals surface area contributed by atoms with Gasteiger partial charge in [0, 0.05) is 13.1 Å². The summed E-state index contributed by atoms with van der Waals surface area (Å²) in [5, 5.41) is 23.6. The molecule has 2 saturated heterocycles. The van der Waals surface area contributed by atoms with E-state index in [0.717, 1.165) is 0 Å². The van der Waals surface area contributed by atoms with E-state index in [0.29, 0.717) is 64.6 Å². The minimum absolute atomic E-state index is 0.302. The van der Waals surface area contributed by atoms with E-state index in [-0.39, 0.29) is 0 Å². The van der Waals surface area contributed by atoms with E-state index in [9.17, 15) is 29.1 Å². The molecule has 8 N–H and O–H groups in total. The van der Waals surface area contributed by atoms with Crippen LogP contribution < -0.4 is 22.1 Å². The highest BCUT2D eigenvalue weighted by Gasteiger charge is 2.40. The van der Waals surface area contributed by atoms with Gasteiger partial charge in [0.2, 0.25) is 23.6 Å². The Kier molecular flexibility index (Phi) is 10.9. The Morgan fingerprint density at radius 2 is 1.57 bits per heavy atom. The summed E-state index contributed by atoms with van der Waals surface area (Å²) in [6, 6.07) is -4.80. The van der Waals surface area contributed by atoms with Gasteiger partial charge >= 0.3 is 5.97 Å². The average Bonchev–Trinajstić information content (AvgIpc) is 3.52. The summed E-state index contributed by atoms with van der Waals surface area (Å²) in [5.41, 5.74) is 11.0. The number of aliphatic hydroxyl groups excluding tert-OH is 1. The summed E-state index contributed by atoms with van der Waals surface area (Å²) in [6.07, 6.45) is 3.40. The van der Waals surface area contributed by atoms with E-state index >= 15 is 0 Å². The molecule has 2 fully saturated rings. The molecule has 13 heteroatoms. The number of carbonyl (C=O) groups is 5. The molecular formula is C22H38N6O7. The van der Waals surface area contributed by atoms with E-state index in [1.165, 1.54) is 16.7 Å². The van der Waals surface area contributed by atoms with Gasteiger partial charge in [0.15, 0.2) is 0 Å². The Labute approximate surface area is 204 Å². The van der Waals surface area contributed by atoms with Gasteiger partial charge in [-0.05, 0) is 58.4 Å². The number of carboxylic acid groups (broad SMARTS) is 1. The highest BCUT2D eigenvalue weighted by Crippen LogP contribution is 2.22. The predicted molar refractivity (Wildman–Crippen MR) is 125 cm³/mol. The van der Waals surface area contributed by atoms with Crippen molar-refractivity contribution in [3.63, 3.8) is 0 Å². The Balaban J connectivity index is 2.09. The fraction of sp³-hybridized carbons (Fsp3) is 0.773. The second kappa shape index (κ2) is 13.4. The first-order chi connectivity index (χ1) is 16.6. The number of aliphatic carboxylic acids is 1. The van der Waals surface area contributed by atoms with Gasteiger partial charge in [-0.1, -0.05) is 0 Å². The lowest BCUT2D eigenvalue weighted by Crippen LogP contribution is -2.57. The smallest absolute Gasteiger partial charge is 0.326 e. The molecular weight excluding hydrogens is 460 g/mol. The second-order valence-corrected chi connectivity index (χ2v) is 9.08. The lowest BCUT2D eigenvalue weighted by Gasteiger charge is -2.31. The van der Waals surface area contributed by atoms with Crippen LogP contribution in [0, 0.1) is 0 Å². The Hall–Kier alpha value is -2.77. The molecule has 0 unspecified atom stereocenters. The SMILES string of the molecule is C[C@H](NC(=O)[C@@H](N)CO)C(=O)N1CCC[C@H]1C(=O)N[C@@H](CCCCN)C(=O)N1CCC[C@H]1C(=O)O. The van der Waals surface area contributed by atoms with Crippen molar-refractivity contribution in [2.45, 2.75) is 82.1 Å². The lowest BCUT2D eigenvalue weighted by molar-refractivity contribution is -0.150. The number of aliphatic hydroxyl groups is 1. The molecule has 4 amide bonds. The molecule has 2 aliphatic rings. The van der Waals surface area contributed by atoms with Crippen molar-refractivity contribution in [2.24, 2.45) is 11.5 Å². The summed E-state index contributed by atoms with van der Waals surface area (Å²) in [6.45, 7) is 1.93. The third-order valence-corrected chi connectivity index (χ3v) is 6.48. The van der Waals surface area contributed by atoms with Crippen molar-refractivity contribution in [2.75, 3.05) is 26.2 Å². The average molecular weight is 499 g/mol. The number of nitrogens with zero attached hydrogens (tertiary/aromatic N) is 2. The zero-order valence-corrected chi connectivity index (χ0v) is 20.1. The Morgan fingerprint density at radius 1 is 0.971 bits per heavy atom. The van der Waals surface area contributed by atoms with Gasteiger partial charge in [-0.15, -0.1) is 0 Å². The third-order valence-electron chi connectivity index (χ3n) is 6.48. The van der Waals surface area contributed by atoms with Crippen LogP contribution >= 0.6 is 0 Å². The number of nitrogens with one attached hydrogen (secondary N) is 2. The molecule has 0 aromatic rings. The van der Waals surface area contributed by atoms with Crippen LogP contribution in [-0.4, -0.2) is 106 Å². The molecule has 13 nitrogen and oxygen atoms in total. The minimum Gasteiger partial charge on any atom is -0.480 e. The summed E-state index contributed by atoms with van der Waals surface area (Å²) in [5.74, 6) is -3.18. The van der Waals surface area contributed by atoms with Crippen molar-refractivity contribution in [1.29, 1.82) is 0 Å². The van der Waals surface area contributed by atoms with Gasteiger partial charge in [0.1, 0.15) is 30.2 Å². The quantitative estimate of drug-likeness (QED) is 0.157. The van der Waals surface area contributed by atoms with Gasteiger partial charge in [-0.3, -0.25) is 19.2 Å². The number of carbonyl (C=O) groups excluding carboxylic acids is 4. The van der Waals surface area contributed by atoms with E-state index in [1.807, 2.05) is 0 Å². The summed E-state index contributed by atoms with van der Waals surface area (Å²) < 4.78 is 0. The Bertz CT molecular complexity index is 794. The molecule has 2 rings (SSSR count). The van der Waals surface area contributed by atoms with Gasteiger partial charge < -0.3 is 42.1 Å². The molecule has 0 aromatic carbocycles. The van der Waals surface area contributed by atoms with Crippen LogP contribution in [0.1, 0.15) is 51.9 Å². The number of hydrogen-bond donors (Lipinski definition) is 6. The summed E-state index contributed by atoms with van der Waals surface area (Å²) in [7, 11) is 0. The van der Waals surface area contributed by atoms with E-state index in [1.54, 1.807) is 0 Å². The van der Waals surface area contributed by atoms with Crippen LogP contribution in [0.3, 0.4) is 0 Å². The van der Waals surface area contributed by atoms with Gasteiger partial charge in [-0.2, -0.15) is 0 Å². The first kappa shape index (κ1) is 28.5. The maximum Gasteiger partial charge on any atom is 0.326 e. The molecule has 5 atom stereocenters. The normalized spacial score (nSPS) is 22.4. The van der Waals surface area contributed by atoms with Crippen molar-refractivity contribution in [3.8, 4) is 0 Å². The number of amides is 4. The maximum absolute atomic E-state index is 13.2. The monoisotopic (exact) mass is 498 g/mol. The summed E-state index contributed by atoms with van der Waals surface area (Å²) >= 11 is 0. The molecule has 35 heavy (non-hydrogen) atoms. The molecule has 0 spiro atoms. The number of carboxylic acids is 1. The molecule has 0 saturated carbocycles. The van der Waals surface area contributed by atoms with E-state index in [4.69, 9.17) is 16.6 Å². The topological polar surface area (TPSA) is 208 Å². The minimum atomic E-state index is -1.16. The maximum atomic E-state index is 13.2. The Morgan fingerprint density at radius 3 is 2.14 bits per heavy atom. The van der Waals surface area contributed by atoms with Crippen molar-refractivity contribution in [3.05, 3.63) is 0 Å². The van der Waals surface area contributed by atoms with Crippen molar-refractivity contribution < 1.29 is 34.2 Å². The van der Waals surface area contributed by atoms with Gasteiger partial charge in [-0.25, -0.2) is 4.79 Å². The highest BCUT2D eigenvalue weighted by molar-refractivity contribution is 5.95. The first-order valence-electron chi connectivity index (χ1n) is 12.1. The number of nitrogens with two attached hydrogens (primary N) is 2. The van der Waals surface area contributed by atoms with Crippen LogP contribution in [0.15, 0.2) is 0 Å². The molecule has 0 radical (unpaired) electrons. The number of rotatable bonds is 12. The zero-order valence-electron chi connectivity index (χ0n) is 20.1. The van der Waals surface area contributed by atoms with Crippen LogP contribution in [0.4, 0.5) is 0 Å². The van der Waals surface area contributed by atoms with Crippen molar-refractivity contribution >= 4 is 29.6 Å².